The molecule has 32 heavy (non-hydrogen) atoms. The molecule has 0 saturated carbocycles. The lowest BCUT2D eigenvalue weighted by Gasteiger charge is -2.13. The molecule has 0 saturated heterocycles. The van der Waals surface area contributed by atoms with Crippen molar-refractivity contribution in [1.29, 1.82) is 0 Å². The average molecular weight is 453 g/mol. The third kappa shape index (κ3) is 4.22. The lowest BCUT2D eigenvalue weighted by Crippen LogP contribution is -2.15. The number of anilines is 1. The highest BCUT2D eigenvalue weighted by Crippen LogP contribution is 2.31. The Morgan fingerprint density at radius 3 is 2.44 bits per heavy atom. The van der Waals surface area contributed by atoms with Gasteiger partial charge in [-0.15, -0.1) is 0 Å². The Bertz CT molecular complexity index is 1410. The van der Waals surface area contributed by atoms with Crippen LogP contribution in [0.3, 0.4) is 0 Å². The van der Waals surface area contributed by atoms with Gasteiger partial charge < -0.3 is 9.67 Å². The number of nitrogens with one attached hydrogen (secondary N) is 1. The van der Waals surface area contributed by atoms with E-state index in [0.29, 0.717) is 33.4 Å². The second kappa shape index (κ2) is 8.47. The van der Waals surface area contributed by atoms with Gasteiger partial charge in [-0.25, -0.2) is 12.8 Å². The monoisotopic (exact) mass is 452 g/mol. The van der Waals surface area contributed by atoms with Crippen molar-refractivity contribution in [3.63, 3.8) is 0 Å². The average Bonchev–Trinajstić information content (AvgIpc) is 2.99. The summed E-state index contributed by atoms with van der Waals surface area (Å²) in [6.07, 6.45) is 0.199. The molecule has 0 aliphatic heterocycles. The van der Waals surface area contributed by atoms with Crippen molar-refractivity contribution >= 4 is 32.6 Å². The highest BCUT2D eigenvalue weighted by molar-refractivity contribution is 7.92. The zero-order valence-corrected chi connectivity index (χ0v) is 18.1. The van der Waals surface area contributed by atoms with Crippen LogP contribution in [0, 0.1) is 12.7 Å². The standard InChI is InChI=1S/C24H21FN2O4S/c1-16-20(21-14-18(25)11-12-22(21)27(16)15-24(28)29)13-17-7-5-6-10-23(17)32(30,31)26-19-8-3-2-4-9-19/h2-12,14,26H,13,15H2,1H3,(H,28,29). The SMILES string of the molecule is Cc1c(Cc2ccccc2S(=O)(=O)Nc2ccccc2)c2cc(F)ccc2n1CC(=O)O. The summed E-state index contributed by atoms with van der Waals surface area (Å²) in [5.74, 6) is -1.46. The summed E-state index contributed by atoms with van der Waals surface area (Å²) < 4.78 is 44.4. The molecule has 8 heteroatoms. The Kier molecular flexibility index (Phi) is 5.71. The van der Waals surface area contributed by atoms with E-state index in [1.54, 1.807) is 66.1 Å². The van der Waals surface area contributed by atoms with E-state index in [1.807, 2.05) is 0 Å². The number of hydrogen-bond acceptors (Lipinski definition) is 3. The molecule has 1 aromatic heterocycles. The van der Waals surface area contributed by atoms with Crippen LogP contribution >= 0.6 is 0 Å². The lowest BCUT2D eigenvalue weighted by molar-refractivity contribution is -0.137. The number of aliphatic carboxylic acids is 1. The first-order valence-corrected chi connectivity index (χ1v) is 11.4. The maximum Gasteiger partial charge on any atom is 0.323 e. The van der Waals surface area contributed by atoms with E-state index in [4.69, 9.17) is 0 Å². The number of hydrogen-bond donors (Lipinski definition) is 2. The fourth-order valence-electron chi connectivity index (χ4n) is 3.90. The number of para-hydroxylation sites is 1. The predicted molar refractivity (Wildman–Crippen MR) is 121 cm³/mol. The van der Waals surface area contributed by atoms with Gasteiger partial charge in [0.25, 0.3) is 10.0 Å². The van der Waals surface area contributed by atoms with Crippen molar-refractivity contribution in [2.75, 3.05) is 4.72 Å². The van der Waals surface area contributed by atoms with E-state index in [0.717, 1.165) is 0 Å². The fraction of sp³-hybridized carbons (Fsp3) is 0.125. The molecule has 0 unspecified atom stereocenters. The summed E-state index contributed by atoms with van der Waals surface area (Å²) in [4.78, 5) is 11.5. The molecule has 0 fully saturated rings. The van der Waals surface area contributed by atoms with Gasteiger partial charge in [0.1, 0.15) is 12.4 Å². The molecule has 4 rings (SSSR count). The van der Waals surface area contributed by atoms with Crippen LogP contribution in [-0.2, 0) is 27.8 Å². The minimum atomic E-state index is -3.88. The van der Waals surface area contributed by atoms with Crippen LogP contribution in [0.15, 0.2) is 77.7 Å². The summed E-state index contributed by atoms with van der Waals surface area (Å²) in [6.45, 7) is 1.49. The molecule has 0 spiro atoms. The molecule has 164 valence electrons. The summed E-state index contributed by atoms with van der Waals surface area (Å²) in [7, 11) is -3.88. The quantitative estimate of drug-likeness (QED) is 0.430. The van der Waals surface area contributed by atoms with Gasteiger partial charge in [-0.3, -0.25) is 9.52 Å². The number of rotatable bonds is 7. The largest absolute Gasteiger partial charge is 0.480 e. The van der Waals surface area contributed by atoms with Crippen LogP contribution in [0.2, 0.25) is 0 Å². The van der Waals surface area contributed by atoms with Gasteiger partial charge in [0.2, 0.25) is 0 Å². The number of sulfonamides is 1. The van der Waals surface area contributed by atoms with Crippen LogP contribution in [-0.4, -0.2) is 24.1 Å². The summed E-state index contributed by atoms with van der Waals surface area (Å²) in [6, 6.07) is 19.4. The second-order valence-corrected chi connectivity index (χ2v) is 9.11. The van der Waals surface area contributed by atoms with Crippen LogP contribution in [0.1, 0.15) is 16.8 Å². The molecule has 0 bridgehead atoms. The molecule has 0 atom stereocenters. The molecule has 0 aliphatic carbocycles. The predicted octanol–water partition coefficient (Wildman–Crippen LogP) is 4.57. The maximum atomic E-state index is 14.0. The zero-order chi connectivity index (χ0) is 22.9. The van der Waals surface area contributed by atoms with Crippen LogP contribution in [0.5, 0.6) is 0 Å². The number of carboxylic acid groups (broad SMARTS) is 1. The summed E-state index contributed by atoms with van der Waals surface area (Å²) in [5.41, 5.74) is 2.89. The second-order valence-electron chi connectivity index (χ2n) is 7.46. The summed E-state index contributed by atoms with van der Waals surface area (Å²) in [5, 5.41) is 9.87. The van der Waals surface area contributed by atoms with Crippen molar-refractivity contribution in [3.05, 3.63) is 95.4 Å². The van der Waals surface area contributed by atoms with E-state index in [2.05, 4.69) is 4.72 Å². The Labute approximate surface area is 185 Å². The summed E-state index contributed by atoms with van der Waals surface area (Å²) >= 11 is 0. The van der Waals surface area contributed by atoms with Crippen molar-refractivity contribution < 1.29 is 22.7 Å². The van der Waals surface area contributed by atoms with Crippen LogP contribution in [0.25, 0.3) is 10.9 Å². The van der Waals surface area contributed by atoms with Crippen molar-refractivity contribution in [2.24, 2.45) is 0 Å². The van der Waals surface area contributed by atoms with E-state index in [-0.39, 0.29) is 17.9 Å². The third-order valence-corrected chi connectivity index (χ3v) is 6.85. The van der Waals surface area contributed by atoms with Crippen LogP contribution < -0.4 is 4.72 Å². The number of halogens is 1. The van der Waals surface area contributed by atoms with Crippen molar-refractivity contribution in [1.82, 2.24) is 4.57 Å². The first-order valence-electron chi connectivity index (χ1n) is 9.91. The number of carboxylic acids is 1. The minimum Gasteiger partial charge on any atom is -0.480 e. The number of aromatic nitrogens is 1. The number of fused-ring (bicyclic) bond motifs is 1. The molecule has 0 amide bonds. The van der Waals surface area contributed by atoms with Crippen LogP contribution in [0.4, 0.5) is 10.1 Å². The molecule has 3 aromatic carbocycles. The topological polar surface area (TPSA) is 88.4 Å². The van der Waals surface area contributed by atoms with E-state index in [1.165, 1.54) is 18.2 Å². The first kappa shape index (κ1) is 21.6. The lowest BCUT2D eigenvalue weighted by atomic mass is 10.0. The van der Waals surface area contributed by atoms with E-state index < -0.39 is 21.8 Å². The van der Waals surface area contributed by atoms with Gasteiger partial charge in [0.05, 0.1) is 4.90 Å². The molecule has 2 N–H and O–H groups in total. The van der Waals surface area contributed by atoms with Gasteiger partial charge in [-0.1, -0.05) is 36.4 Å². The van der Waals surface area contributed by atoms with Gasteiger partial charge in [0, 0.05) is 28.7 Å². The Morgan fingerprint density at radius 1 is 1.03 bits per heavy atom. The van der Waals surface area contributed by atoms with Crippen molar-refractivity contribution in [3.8, 4) is 0 Å². The molecule has 1 heterocycles. The number of carbonyl (C=O) groups is 1. The first-order chi connectivity index (χ1) is 15.3. The van der Waals surface area contributed by atoms with Gasteiger partial charge >= 0.3 is 5.97 Å². The maximum absolute atomic E-state index is 14.0. The van der Waals surface area contributed by atoms with E-state index >= 15 is 0 Å². The molecular formula is C24H21FN2O4S. The zero-order valence-electron chi connectivity index (χ0n) is 17.2. The smallest absolute Gasteiger partial charge is 0.323 e. The molecule has 0 aliphatic rings. The van der Waals surface area contributed by atoms with E-state index in [9.17, 15) is 22.7 Å². The number of nitrogens with zero attached hydrogens (tertiary/aromatic N) is 1. The normalized spacial score (nSPS) is 11.6. The Morgan fingerprint density at radius 2 is 1.72 bits per heavy atom. The van der Waals surface area contributed by atoms with Gasteiger partial charge in [0.15, 0.2) is 0 Å². The molecule has 4 aromatic rings. The minimum absolute atomic E-state index is 0.110. The van der Waals surface area contributed by atoms with Gasteiger partial charge in [-0.05, 0) is 54.4 Å². The van der Waals surface area contributed by atoms with Gasteiger partial charge in [-0.2, -0.15) is 0 Å². The Hall–Kier alpha value is -3.65. The number of benzene rings is 3. The highest BCUT2D eigenvalue weighted by atomic mass is 32.2. The molecule has 6 nitrogen and oxygen atoms in total. The third-order valence-electron chi connectivity index (χ3n) is 5.36. The fourth-order valence-corrected chi connectivity index (χ4v) is 5.20. The molecule has 0 radical (unpaired) electrons. The van der Waals surface area contributed by atoms with Crippen molar-refractivity contribution in [2.45, 2.75) is 24.8 Å². The molecular weight excluding hydrogens is 431 g/mol. The Balaban J connectivity index is 1.80. The highest BCUT2D eigenvalue weighted by Gasteiger charge is 2.22.